The fourth-order valence-electron chi connectivity index (χ4n) is 8.23. The molecule has 7 atom stereocenters. The second-order valence-electron chi connectivity index (χ2n) is 10.5. The van der Waals surface area contributed by atoms with Crippen LogP contribution in [0.5, 0.6) is 0 Å². The summed E-state index contributed by atoms with van der Waals surface area (Å²) in [7, 11) is 0. The summed E-state index contributed by atoms with van der Waals surface area (Å²) in [5.41, 5.74) is 2.27. The van der Waals surface area contributed by atoms with E-state index in [1.165, 1.54) is 38.5 Å². The number of aliphatic hydroxyl groups excluding tert-OH is 1. The maximum Gasteiger partial charge on any atom is 0.169 e. The van der Waals surface area contributed by atoms with Crippen molar-refractivity contribution in [2.24, 2.45) is 34.5 Å². The highest BCUT2D eigenvalue weighted by Gasteiger charge is 2.62. The van der Waals surface area contributed by atoms with Crippen LogP contribution in [0, 0.1) is 34.5 Å². The van der Waals surface area contributed by atoms with Crippen molar-refractivity contribution in [3.63, 3.8) is 0 Å². The largest absolute Gasteiger partial charge is 0.393 e. The molecule has 7 unspecified atom stereocenters. The second-order valence-corrected chi connectivity index (χ2v) is 10.5. The topological polar surface area (TPSA) is 38.7 Å². The molecule has 4 fully saturated rings. The number of hydrogen-bond donors (Lipinski definition) is 1. The molecule has 5 aliphatic rings. The fraction of sp³-hybridized carbons (Fsp3) is 0.913. The SMILES string of the molecule is CC1(C2CCC3C4CC=C5CC(O)CCC5(C)C4CCC32C)OCCO1. The minimum atomic E-state index is -0.356. The molecule has 3 heteroatoms. The third-order valence-electron chi connectivity index (χ3n) is 9.57. The van der Waals surface area contributed by atoms with Gasteiger partial charge >= 0.3 is 0 Å². The highest BCUT2D eigenvalue weighted by atomic mass is 16.7. The zero-order valence-corrected chi connectivity index (χ0v) is 16.8. The van der Waals surface area contributed by atoms with Crippen LogP contribution in [0.1, 0.15) is 72.1 Å². The van der Waals surface area contributed by atoms with Crippen LogP contribution in [0.15, 0.2) is 11.6 Å². The first-order valence-electron chi connectivity index (χ1n) is 11.0. The van der Waals surface area contributed by atoms with Crippen LogP contribution in [0.3, 0.4) is 0 Å². The monoisotopic (exact) mass is 360 g/mol. The van der Waals surface area contributed by atoms with E-state index in [4.69, 9.17) is 9.47 Å². The standard InChI is InChI=1S/C23H36O3/c1-21-10-8-16(24)14-15(21)4-5-17-18-6-7-20(23(3)25-12-13-26-23)22(18,2)11-9-19(17)21/h4,16-20,24H,5-14H2,1-3H3. The average molecular weight is 361 g/mol. The van der Waals surface area contributed by atoms with Gasteiger partial charge in [0.1, 0.15) is 0 Å². The molecule has 0 radical (unpaired) electrons. The zero-order valence-electron chi connectivity index (χ0n) is 16.8. The van der Waals surface area contributed by atoms with Crippen LogP contribution in [0.4, 0.5) is 0 Å². The molecule has 0 aromatic heterocycles. The van der Waals surface area contributed by atoms with E-state index >= 15 is 0 Å². The van der Waals surface area contributed by atoms with Crippen molar-refractivity contribution >= 4 is 0 Å². The van der Waals surface area contributed by atoms with Gasteiger partial charge in [0.15, 0.2) is 5.79 Å². The molecule has 0 bridgehead atoms. The van der Waals surface area contributed by atoms with Gasteiger partial charge in [0.2, 0.25) is 0 Å². The predicted molar refractivity (Wildman–Crippen MR) is 102 cm³/mol. The van der Waals surface area contributed by atoms with E-state index in [0.29, 0.717) is 16.7 Å². The Morgan fingerprint density at radius 1 is 0.962 bits per heavy atom. The zero-order chi connectivity index (χ0) is 18.2. The fourth-order valence-corrected chi connectivity index (χ4v) is 8.23. The minimum Gasteiger partial charge on any atom is -0.393 e. The van der Waals surface area contributed by atoms with Crippen LogP contribution < -0.4 is 0 Å². The third kappa shape index (κ3) is 2.29. The molecule has 3 saturated carbocycles. The van der Waals surface area contributed by atoms with Gasteiger partial charge in [0.05, 0.1) is 19.3 Å². The molecule has 1 N–H and O–H groups in total. The number of aliphatic hydroxyl groups is 1. The molecular weight excluding hydrogens is 324 g/mol. The summed E-state index contributed by atoms with van der Waals surface area (Å²) in [5.74, 6) is 2.61. The van der Waals surface area contributed by atoms with E-state index in [-0.39, 0.29) is 11.9 Å². The van der Waals surface area contributed by atoms with Crippen molar-refractivity contribution < 1.29 is 14.6 Å². The maximum absolute atomic E-state index is 10.2. The van der Waals surface area contributed by atoms with Crippen molar-refractivity contribution in [3.05, 3.63) is 11.6 Å². The van der Waals surface area contributed by atoms with Gasteiger partial charge in [0, 0.05) is 5.92 Å². The Balaban J connectivity index is 1.45. The molecule has 0 amide bonds. The van der Waals surface area contributed by atoms with E-state index in [1.54, 1.807) is 5.57 Å². The second kappa shape index (κ2) is 5.81. The number of allylic oxidation sites excluding steroid dienone is 1. The Hall–Kier alpha value is -0.380. The molecule has 3 nitrogen and oxygen atoms in total. The van der Waals surface area contributed by atoms with E-state index < -0.39 is 0 Å². The quantitative estimate of drug-likeness (QED) is 0.690. The summed E-state index contributed by atoms with van der Waals surface area (Å²) in [4.78, 5) is 0. The number of rotatable bonds is 1. The lowest BCUT2D eigenvalue weighted by atomic mass is 9.47. The highest BCUT2D eigenvalue weighted by Crippen LogP contribution is 2.68. The van der Waals surface area contributed by atoms with E-state index in [9.17, 15) is 5.11 Å². The Morgan fingerprint density at radius 3 is 2.50 bits per heavy atom. The summed E-state index contributed by atoms with van der Waals surface area (Å²) in [6, 6.07) is 0. The number of fused-ring (bicyclic) bond motifs is 5. The normalized spacial score (nSPS) is 52.8. The lowest BCUT2D eigenvalue weighted by Gasteiger charge is -2.58. The van der Waals surface area contributed by atoms with Crippen molar-refractivity contribution in [2.45, 2.75) is 84.0 Å². The molecule has 4 aliphatic carbocycles. The first-order valence-corrected chi connectivity index (χ1v) is 11.0. The van der Waals surface area contributed by atoms with E-state index in [2.05, 4.69) is 26.8 Å². The maximum atomic E-state index is 10.2. The van der Waals surface area contributed by atoms with Gasteiger partial charge in [-0.25, -0.2) is 0 Å². The van der Waals surface area contributed by atoms with Gasteiger partial charge in [-0.15, -0.1) is 0 Å². The minimum absolute atomic E-state index is 0.104. The van der Waals surface area contributed by atoms with Crippen molar-refractivity contribution in [3.8, 4) is 0 Å². The summed E-state index contributed by atoms with van der Waals surface area (Å²) >= 11 is 0. The van der Waals surface area contributed by atoms with Gasteiger partial charge in [0.25, 0.3) is 0 Å². The van der Waals surface area contributed by atoms with E-state index in [0.717, 1.165) is 43.8 Å². The van der Waals surface area contributed by atoms with Gasteiger partial charge in [-0.3, -0.25) is 0 Å². The van der Waals surface area contributed by atoms with Gasteiger partial charge in [-0.1, -0.05) is 25.5 Å². The van der Waals surface area contributed by atoms with Gasteiger partial charge in [-0.05, 0) is 86.9 Å². The first-order chi connectivity index (χ1) is 12.4. The first kappa shape index (κ1) is 17.7. The average Bonchev–Trinajstić information content (AvgIpc) is 3.19. The molecule has 0 spiro atoms. The smallest absolute Gasteiger partial charge is 0.169 e. The molecule has 26 heavy (non-hydrogen) atoms. The number of hydrogen-bond acceptors (Lipinski definition) is 3. The Morgan fingerprint density at radius 2 is 1.73 bits per heavy atom. The van der Waals surface area contributed by atoms with Gasteiger partial charge < -0.3 is 14.6 Å². The summed E-state index contributed by atoms with van der Waals surface area (Å²) < 4.78 is 12.3. The molecule has 5 rings (SSSR count). The molecule has 146 valence electrons. The lowest BCUT2D eigenvalue weighted by Crippen LogP contribution is -2.53. The van der Waals surface area contributed by atoms with Gasteiger partial charge in [-0.2, -0.15) is 0 Å². The third-order valence-corrected chi connectivity index (χ3v) is 9.57. The van der Waals surface area contributed by atoms with Crippen molar-refractivity contribution in [1.29, 1.82) is 0 Å². The van der Waals surface area contributed by atoms with Crippen LogP contribution in [-0.2, 0) is 9.47 Å². The van der Waals surface area contributed by atoms with Crippen molar-refractivity contribution in [1.82, 2.24) is 0 Å². The van der Waals surface area contributed by atoms with E-state index in [1.807, 2.05) is 0 Å². The van der Waals surface area contributed by atoms with Crippen LogP contribution in [0.2, 0.25) is 0 Å². The summed E-state index contributed by atoms with van der Waals surface area (Å²) in [6.07, 6.45) is 12.0. The molecule has 1 saturated heterocycles. The molecular formula is C23H36O3. The molecule has 0 aromatic rings. The molecule has 1 aliphatic heterocycles. The summed E-state index contributed by atoms with van der Waals surface area (Å²) in [5, 5.41) is 10.2. The van der Waals surface area contributed by atoms with Crippen LogP contribution in [0.25, 0.3) is 0 Å². The lowest BCUT2D eigenvalue weighted by molar-refractivity contribution is -0.214. The molecule has 1 heterocycles. The predicted octanol–water partition coefficient (Wildman–Crippen LogP) is 4.69. The Labute approximate surface area is 158 Å². The van der Waals surface area contributed by atoms with Crippen molar-refractivity contribution in [2.75, 3.05) is 13.2 Å². The highest BCUT2D eigenvalue weighted by molar-refractivity contribution is 5.25. The molecule has 0 aromatic carbocycles. The Bertz CT molecular complexity index is 607. The van der Waals surface area contributed by atoms with Crippen LogP contribution >= 0.6 is 0 Å². The number of ether oxygens (including phenoxy) is 2. The van der Waals surface area contributed by atoms with Crippen LogP contribution in [-0.4, -0.2) is 30.2 Å². The Kier molecular flexibility index (Phi) is 3.96. The summed E-state index contributed by atoms with van der Waals surface area (Å²) in [6.45, 7) is 8.78.